The highest BCUT2D eigenvalue weighted by Crippen LogP contribution is 2.20. The van der Waals surface area contributed by atoms with Gasteiger partial charge in [-0.2, -0.15) is 4.31 Å². The van der Waals surface area contributed by atoms with Gasteiger partial charge in [-0.05, 0) is 43.3 Å². The molecule has 1 aromatic carbocycles. The minimum atomic E-state index is -3.55. The van der Waals surface area contributed by atoms with E-state index >= 15 is 0 Å². The Morgan fingerprint density at radius 3 is 2.31 bits per heavy atom. The van der Waals surface area contributed by atoms with Crippen LogP contribution in [0.4, 0.5) is 0 Å². The molecule has 29 heavy (non-hydrogen) atoms. The number of hydrogen-bond acceptors (Lipinski definition) is 6. The number of nitrogens with zero attached hydrogens (tertiary/aromatic N) is 3. The maximum absolute atomic E-state index is 12.8. The van der Waals surface area contributed by atoms with Crippen LogP contribution in [0.5, 0.6) is 5.75 Å². The van der Waals surface area contributed by atoms with Gasteiger partial charge in [0, 0.05) is 33.2 Å². The Labute approximate surface area is 171 Å². The summed E-state index contributed by atoms with van der Waals surface area (Å²) in [6.07, 6.45) is 0. The molecule has 1 aliphatic heterocycles. The Bertz CT molecular complexity index is 931. The van der Waals surface area contributed by atoms with E-state index in [9.17, 15) is 13.2 Å². The van der Waals surface area contributed by atoms with E-state index in [4.69, 9.17) is 9.15 Å². The summed E-state index contributed by atoms with van der Waals surface area (Å²) in [6, 6.07) is 10.1. The highest BCUT2D eigenvalue weighted by molar-refractivity contribution is 7.89. The van der Waals surface area contributed by atoms with Gasteiger partial charge in [0.15, 0.2) is 0 Å². The molecule has 8 nitrogen and oxygen atoms in total. The van der Waals surface area contributed by atoms with E-state index in [0.717, 1.165) is 11.5 Å². The van der Waals surface area contributed by atoms with E-state index in [1.165, 1.54) is 11.4 Å². The highest BCUT2D eigenvalue weighted by Gasteiger charge is 2.29. The third-order valence-electron chi connectivity index (χ3n) is 5.00. The summed E-state index contributed by atoms with van der Waals surface area (Å²) in [5.74, 6) is 2.15. The van der Waals surface area contributed by atoms with Gasteiger partial charge in [0.2, 0.25) is 15.9 Å². The summed E-state index contributed by atoms with van der Waals surface area (Å²) >= 11 is 0. The molecule has 2 aromatic rings. The summed E-state index contributed by atoms with van der Waals surface area (Å²) in [5, 5.41) is 0. The Balaban J connectivity index is 1.52. The molecule has 0 radical (unpaired) electrons. The summed E-state index contributed by atoms with van der Waals surface area (Å²) in [6.45, 7) is 4.25. The van der Waals surface area contributed by atoms with Crippen LogP contribution in [0.1, 0.15) is 11.5 Å². The summed E-state index contributed by atoms with van der Waals surface area (Å²) < 4.78 is 37.7. The number of carbonyl (C=O) groups excluding carboxylic acids is 1. The van der Waals surface area contributed by atoms with Crippen molar-refractivity contribution in [3.8, 4) is 5.75 Å². The summed E-state index contributed by atoms with van der Waals surface area (Å²) in [5.41, 5.74) is 0. The number of benzene rings is 1. The number of likely N-dealkylation sites (N-methyl/N-ethyl adjacent to an activating group) is 1. The Kier molecular flexibility index (Phi) is 6.61. The van der Waals surface area contributed by atoms with Crippen LogP contribution in [0.25, 0.3) is 0 Å². The summed E-state index contributed by atoms with van der Waals surface area (Å²) in [7, 11) is -0.271. The lowest BCUT2D eigenvalue weighted by Gasteiger charge is -2.34. The fraction of sp³-hybridized carbons (Fsp3) is 0.450. The molecule has 158 valence electrons. The lowest BCUT2D eigenvalue weighted by Crippen LogP contribution is -2.51. The number of carbonyl (C=O) groups is 1. The number of rotatable bonds is 7. The number of sulfonamides is 1. The van der Waals surface area contributed by atoms with E-state index in [0.29, 0.717) is 38.5 Å². The molecule has 9 heteroatoms. The minimum absolute atomic E-state index is 0.0227. The largest absolute Gasteiger partial charge is 0.497 e. The van der Waals surface area contributed by atoms with E-state index in [-0.39, 0.29) is 17.3 Å². The third-order valence-corrected chi connectivity index (χ3v) is 6.91. The van der Waals surface area contributed by atoms with Gasteiger partial charge in [0.05, 0.1) is 25.1 Å². The van der Waals surface area contributed by atoms with Gasteiger partial charge < -0.3 is 14.1 Å². The zero-order valence-corrected chi connectivity index (χ0v) is 17.8. The zero-order valence-electron chi connectivity index (χ0n) is 17.0. The van der Waals surface area contributed by atoms with Crippen LogP contribution in [-0.2, 0) is 21.4 Å². The third kappa shape index (κ3) is 5.17. The predicted molar refractivity (Wildman–Crippen MR) is 108 cm³/mol. The van der Waals surface area contributed by atoms with Gasteiger partial charge in [-0.3, -0.25) is 9.69 Å². The van der Waals surface area contributed by atoms with Gasteiger partial charge in [-0.1, -0.05) is 0 Å². The number of amides is 1. The first-order valence-electron chi connectivity index (χ1n) is 9.45. The second kappa shape index (κ2) is 8.98. The number of methoxy groups -OCH3 is 1. The van der Waals surface area contributed by atoms with Crippen molar-refractivity contribution in [3.63, 3.8) is 0 Å². The standard InChI is InChI=1S/C20H27N3O5S/c1-16-4-5-18(28-16)14-21(2)20(24)15-22-10-12-23(13-11-22)29(25,26)19-8-6-17(27-3)7-9-19/h4-9H,10-15H2,1-3H3. The molecule has 0 bridgehead atoms. The number of aryl methyl sites for hydroxylation is 1. The van der Waals surface area contributed by atoms with Crippen LogP contribution in [0, 0.1) is 6.92 Å². The highest BCUT2D eigenvalue weighted by atomic mass is 32.2. The van der Waals surface area contributed by atoms with Crippen molar-refractivity contribution in [2.75, 3.05) is 46.9 Å². The maximum Gasteiger partial charge on any atom is 0.243 e. The minimum Gasteiger partial charge on any atom is -0.497 e. The SMILES string of the molecule is COc1ccc(S(=O)(=O)N2CCN(CC(=O)N(C)Cc3ccc(C)o3)CC2)cc1. The van der Waals surface area contributed by atoms with Gasteiger partial charge in [-0.25, -0.2) is 8.42 Å². The molecule has 0 N–H and O–H groups in total. The molecule has 2 heterocycles. The normalized spacial score (nSPS) is 16.0. The van der Waals surface area contributed by atoms with Crippen LogP contribution in [0.3, 0.4) is 0 Å². The van der Waals surface area contributed by atoms with E-state index in [1.807, 2.05) is 24.0 Å². The Morgan fingerprint density at radius 2 is 1.76 bits per heavy atom. The summed E-state index contributed by atoms with van der Waals surface area (Å²) in [4.78, 5) is 16.3. The molecule has 3 rings (SSSR count). The predicted octanol–water partition coefficient (Wildman–Crippen LogP) is 1.56. The van der Waals surface area contributed by atoms with Crippen LogP contribution < -0.4 is 4.74 Å². The van der Waals surface area contributed by atoms with Crippen molar-refractivity contribution < 1.29 is 22.4 Å². The van der Waals surface area contributed by atoms with Crippen molar-refractivity contribution in [3.05, 3.63) is 47.9 Å². The number of piperazine rings is 1. The van der Waals surface area contributed by atoms with Crippen molar-refractivity contribution in [1.29, 1.82) is 0 Å². The van der Waals surface area contributed by atoms with Crippen LogP contribution in [0.15, 0.2) is 45.7 Å². The van der Waals surface area contributed by atoms with Crippen LogP contribution in [-0.4, -0.2) is 75.3 Å². The molecule has 1 aromatic heterocycles. The lowest BCUT2D eigenvalue weighted by molar-refractivity contribution is -0.132. The molecule has 0 aliphatic carbocycles. The molecule has 0 saturated carbocycles. The van der Waals surface area contributed by atoms with Gasteiger partial charge >= 0.3 is 0 Å². The van der Waals surface area contributed by atoms with Crippen molar-refractivity contribution >= 4 is 15.9 Å². The number of ether oxygens (including phenoxy) is 1. The molecular formula is C20H27N3O5S. The molecule has 1 saturated heterocycles. The molecule has 0 atom stereocenters. The second-order valence-corrected chi connectivity index (χ2v) is 9.06. The van der Waals surface area contributed by atoms with Crippen molar-refractivity contribution in [2.45, 2.75) is 18.4 Å². The number of furan rings is 1. The van der Waals surface area contributed by atoms with E-state index in [2.05, 4.69) is 0 Å². The first-order chi connectivity index (χ1) is 13.8. The maximum atomic E-state index is 12.8. The van der Waals surface area contributed by atoms with Gasteiger partial charge in [0.1, 0.15) is 17.3 Å². The average Bonchev–Trinajstić information content (AvgIpc) is 3.13. The van der Waals surface area contributed by atoms with Crippen molar-refractivity contribution in [2.24, 2.45) is 0 Å². The van der Waals surface area contributed by atoms with Crippen LogP contribution >= 0.6 is 0 Å². The average molecular weight is 422 g/mol. The van der Waals surface area contributed by atoms with E-state index < -0.39 is 10.0 Å². The molecule has 1 amide bonds. The monoisotopic (exact) mass is 421 g/mol. The first kappa shape index (κ1) is 21.4. The molecule has 0 spiro atoms. The molecule has 1 aliphatic rings. The van der Waals surface area contributed by atoms with Crippen molar-refractivity contribution in [1.82, 2.24) is 14.1 Å². The molecular weight excluding hydrogens is 394 g/mol. The van der Waals surface area contributed by atoms with E-state index in [1.54, 1.807) is 36.2 Å². The molecule has 0 unspecified atom stereocenters. The second-order valence-electron chi connectivity index (χ2n) is 7.12. The lowest BCUT2D eigenvalue weighted by atomic mass is 10.3. The van der Waals surface area contributed by atoms with Gasteiger partial charge in [0.25, 0.3) is 0 Å². The fourth-order valence-corrected chi connectivity index (χ4v) is 4.65. The Morgan fingerprint density at radius 1 is 1.10 bits per heavy atom. The van der Waals surface area contributed by atoms with Gasteiger partial charge in [-0.15, -0.1) is 0 Å². The quantitative estimate of drug-likeness (QED) is 0.675. The molecule has 1 fully saturated rings. The first-order valence-corrected chi connectivity index (χ1v) is 10.9. The smallest absolute Gasteiger partial charge is 0.243 e. The zero-order chi connectivity index (χ0) is 21.0. The fourth-order valence-electron chi connectivity index (χ4n) is 3.23. The Hall–Kier alpha value is -2.36. The number of hydrogen-bond donors (Lipinski definition) is 0. The topological polar surface area (TPSA) is 83.3 Å². The van der Waals surface area contributed by atoms with Crippen LogP contribution in [0.2, 0.25) is 0 Å².